The number of sulfone groups is 1. The predicted octanol–water partition coefficient (Wildman–Crippen LogP) is 11.3. The fraction of sp³-hybridized carbons (Fsp3) is 0.417. The number of carbonyl (C=O) groups excluding carboxylic acids is 1. The summed E-state index contributed by atoms with van der Waals surface area (Å²) in [7, 11) is -9.16. The Kier molecular flexibility index (Phi) is 20.9. The number of hydrazone groups is 2. The lowest BCUT2D eigenvalue weighted by atomic mass is 10.0. The van der Waals surface area contributed by atoms with Gasteiger partial charge in [0.05, 0.1) is 39.2 Å². The molecule has 6 N–H and O–H groups in total. The van der Waals surface area contributed by atoms with Crippen LogP contribution in [-0.4, -0.2) is 61.5 Å². The van der Waals surface area contributed by atoms with E-state index in [1.165, 1.54) is 101 Å². The highest BCUT2D eigenvalue weighted by Crippen LogP contribution is 2.33. The first kappa shape index (κ1) is 51.9. The second kappa shape index (κ2) is 26.2. The number of carbonyl (C=O) groups is 2. The minimum atomic E-state index is -4.64. The summed E-state index contributed by atoms with van der Waals surface area (Å²) >= 11 is 0. The van der Waals surface area contributed by atoms with Crippen molar-refractivity contribution in [2.75, 3.05) is 22.8 Å². The number of anilines is 3. The van der Waals surface area contributed by atoms with Gasteiger partial charge in [-0.1, -0.05) is 115 Å². The fourth-order valence-corrected chi connectivity index (χ4v) is 9.18. The predicted molar refractivity (Wildman–Crippen MR) is 256 cm³/mol. The number of aromatic carboxylic acids is 1. The van der Waals surface area contributed by atoms with Crippen LogP contribution in [0.2, 0.25) is 0 Å². The number of nitrogens with zero attached hydrogens (tertiary/aromatic N) is 2. The molecule has 1 amide bonds. The lowest BCUT2D eigenvalue weighted by Crippen LogP contribution is -2.16. The number of amides is 1. The summed E-state index contributed by atoms with van der Waals surface area (Å²) in [6.45, 7) is 5.76. The van der Waals surface area contributed by atoms with Crippen molar-refractivity contribution < 1.29 is 45.9 Å². The van der Waals surface area contributed by atoms with Gasteiger partial charge >= 0.3 is 5.97 Å². The maximum absolute atomic E-state index is 14.2. The summed E-state index contributed by atoms with van der Waals surface area (Å²) in [4.78, 5) is 23.7. The van der Waals surface area contributed by atoms with Crippen LogP contribution < -0.4 is 20.9 Å². The van der Waals surface area contributed by atoms with Gasteiger partial charge in [0.1, 0.15) is 22.0 Å². The molecule has 0 aliphatic carbocycles. The average Bonchev–Trinajstić information content (AvgIpc) is 3.28. The molecule has 0 heterocycles. The van der Waals surface area contributed by atoms with Crippen LogP contribution in [0.1, 0.15) is 144 Å². The summed E-state index contributed by atoms with van der Waals surface area (Å²) in [5.74, 6) is -2.67. The third kappa shape index (κ3) is 16.6. The summed E-state index contributed by atoms with van der Waals surface area (Å²) in [5.41, 5.74) is 6.58. The van der Waals surface area contributed by atoms with Gasteiger partial charge in [-0.3, -0.25) is 20.2 Å². The topological polar surface area (TPSA) is 233 Å². The van der Waals surface area contributed by atoms with E-state index in [0.717, 1.165) is 43.9 Å². The molecule has 65 heavy (non-hydrogen) atoms. The SMILES string of the molecule is CCCCCCCCCCCCCCCCCC(=NNc1ccc(OCC)c(S(=O)(=O)O)c1)C(C)=NNc1ccc(NC(=O)c2ccccc2)cc1S(=O)(=O)c1ccc(O)c(C(=O)O)c1. The maximum atomic E-state index is 14.2. The number of benzene rings is 4. The maximum Gasteiger partial charge on any atom is 0.339 e. The van der Waals surface area contributed by atoms with E-state index in [1.807, 2.05) is 0 Å². The Morgan fingerprint density at radius 3 is 1.83 bits per heavy atom. The molecule has 4 aromatic rings. The first-order valence-corrected chi connectivity index (χ1v) is 25.3. The molecule has 15 nitrogen and oxygen atoms in total. The van der Waals surface area contributed by atoms with Crippen LogP contribution in [0.25, 0.3) is 0 Å². The van der Waals surface area contributed by atoms with Crippen molar-refractivity contribution in [2.24, 2.45) is 10.2 Å². The van der Waals surface area contributed by atoms with Gasteiger partial charge in [0.15, 0.2) is 0 Å². The molecule has 352 valence electrons. The molecule has 0 aromatic heterocycles. The van der Waals surface area contributed by atoms with Gasteiger partial charge in [-0.15, -0.1) is 0 Å². The summed E-state index contributed by atoms with van der Waals surface area (Å²) in [5, 5.41) is 31.5. The van der Waals surface area contributed by atoms with Crippen molar-refractivity contribution in [1.29, 1.82) is 0 Å². The lowest BCUT2D eigenvalue weighted by molar-refractivity contribution is 0.0693. The van der Waals surface area contributed by atoms with Crippen molar-refractivity contribution in [3.8, 4) is 11.5 Å². The minimum absolute atomic E-state index is 0.0180. The quantitative estimate of drug-likeness (QED) is 0.0129. The second-order valence-electron chi connectivity index (χ2n) is 15.8. The van der Waals surface area contributed by atoms with Crippen molar-refractivity contribution in [1.82, 2.24) is 0 Å². The number of ether oxygens (including phenoxy) is 1. The third-order valence-corrected chi connectivity index (χ3v) is 13.4. The van der Waals surface area contributed by atoms with E-state index in [0.29, 0.717) is 23.4 Å². The average molecular weight is 934 g/mol. The van der Waals surface area contributed by atoms with E-state index < -0.39 is 52.9 Å². The van der Waals surface area contributed by atoms with Gasteiger partial charge in [-0.05, 0) is 93.4 Å². The van der Waals surface area contributed by atoms with Gasteiger partial charge in [-0.25, -0.2) is 13.2 Å². The monoisotopic (exact) mass is 933 g/mol. The van der Waals surface area contributed by atoms with Gasteiger partial charge in [0, 0.05) is 11.3 Å². The van der Waals surface area contributed by atoms with Crippen molar-refractivity contribution in [3.05, 3.63) is 96.1 Å². The van der Waals surface area contributed by atoms with E-state index in [2.05, 4.69) is 33.3 Å². The van der Waals surface area contributed by atoms with Gasteiger partial charge in [0.25, 0.3) is 16.0 Å². The van der Waals surface area contributed by atoms with Crippen molar-refractivity contribution in [3.63, 3.8) is 0 Å². The Bertz CT molecular complexity index is 2480. The molecule has 4 aromatic carbocycles. The number of unbranched alkanes of at least 4 members (excludes halogenated alkanes) is 14. The Morgan fingerprint density at radius 1 is 0.662 bits per heavy atom. The number of rotatable bonds is 29. The van der Waals surface area contributed by atoms with Gasteiger partial charge in [-0.2, -0.15) is 18.6 Å². The summed E-state index contributed by atoms with van der Waals surface area (Å²) < 4.78 is 68.1. The number of aromatic hydroxyl groups is 1. The lowest BCUT2D eigenvalue weighted by Gasteiger charge is -2.15. The highest BCUT2D eigenvalue weighted by Gasteiger charge is 2.26. The van der Waals surface area contributed by atoms with Gasteiger partial charge < -0.3 is 20.3 Å². The third-order valence-electron chi connectivity index (χ3n) is 10.7. The van der Waals surface area contributed by atoms with E-state index in [9.17, 15) is 41.2 Å². The smallest absolute Gasteiger partial charge is 0.339 e. The molecule has 0 spiro atoms. The molecule has 0 bridgehead atoms. The van der Waals surface area contributed by atoms with Crippen LogP contribution in [-0.2, 0) is 20.0 Å². The molecule has 0 radical (unpaired) electrons. The number of carboxylic acid groups (broad SMARTS) is 1. The first-order valence-electron chi connectivity index (χ1n) is 22.3. The van der Waals surface area contributed by atoms with E-state index in [4.69, 9.17) is 4.74 Å². The molecule has 0 fully saturated rings. The molecule has 4 rings (SSSR count). The first-order chi connectivity index (χ1) is 31.1. The van der Waals surface area contributed by atoms with Crippen LogP contribution in [0, 0.1) is 0 Å². The summed E-state index contributed by atoms with van der Waals surface area (Å²) in [6, 6.07) is 19.5. The molecule has 0 saturated heterocycles. The molecule has 0 saturated carbocycles. The van der Waals surface area contributed by atoms with Crippen LogP contribution in [0.5, 0.6) is 11.5 Å². The standard InChI is InChI=1S/C48H63N5O10S2/c1-4-6-7-8-9-10-11-12-13-14-15-16-17-18-22-25-41(52-51-38-27-31-44(63-5-2)46(33-38)65(60,61)62)35(3)50-53-42-29-26-37(49-47(55)36-23-20-19-21-24-36)32-45(42)64(58,59)39-28-30-43(54)40(34-39)48(56)57/h19-21,23-24,26-34,51,53-54H,4-18,22,25H2,1-3H3,(H,49,55)(H,56,57)(H,60,61,62). The van der Waals surface area contributed by atoms with Crippen LogP contribution >= 0.6 is 0 Å². The van der Waals surface area contributed by atoms with Crippen molar-refractivity contribution in [2.45, 2.75) is 138 Å². The van der Waals surface area contributed by atoms with E-state index >= 15 is 0 Å². The zero-order valence-electron chi connectivity index (χ0n) is 37.5. The highest BCUT2D eigenvalue weighted by atomic mass is 32.2. The minimum Gasteiger partial charge on any atom is -0.507 e. The second-order valence-corrected chi connectivity index (χ2v) is 19.1. The van der Waals surface area contributed by atoms with Crippen LogP contribution in [0.15, 0.2) is 110 Å². The largest absolute Gasteiger partial charge is 0.507 e. The number of carboxylic acids is 1. The van der Waals surface area contributed by atoms with Gasteiger partial charge in [0.2, 0.25) is 9.84 Å². The Hall–Kier alpha value is -5.78. The van der Waals surface area contributed by atoms with Crippen LogP contribution in [0.4, 0.5) is 17.1 Å². The van der Waals surface area contributed by atoms with E-state index in [-0.39, 0.29) is 34.3 Å². The number of nitrogens with one attached hydrogen (secondary N) is 3. The Labute approximate surface area is 383 Å². The Morgan fingerprint density at radius 2 is 1.25 bits per heavy atom. The molecule has 0 aliphatic rings. The van der Waals surface area contributed by atoms with Crippen molar-refractivity contribution >= 4 is 60.3 Å². The highest BCUT2D eigenvalue weighted by molar-refractivity contribution is 7.91. The Balaban J connectivity index is 1.56. The normalized spacial score (nSPS) is 12.2. The molecule has 0 atom stereocenters. The molecule has 17 heteroatoms. The fourth-order valence-electron chi connectivity index (χ4n) is 7.06. The number of hydrogen-bond acceptors (Lipinski definition) is 12. The molecular weight excluding hydrogens is 871 g/mol. The van der Waals surface area contributed by atoms with E-state index in [1.54, 1.807) is 50.2 Å². The molecular formula is C48H63N5O10S2. The molecule has 0 aliphatic heterocycles. The zero-order valence-corrected chi connectivity index (χ0v) is 39.1. The number of phenols is 1. The van der Waals surface area contributed by atoms with Crippen LogP contribution in [0.3, 0.4) is 0 Å². The number of hydrogen-bond donors (Lipinski definition) is 6. The molecule has 0 unspecified atom stereocenters. The zero-order chi connectivity index (χ0) is 47.2. The summed E-state index contributed by atoms with van der Waals surface area (Å²) in [6.07, 6.45) is 18.4.